The second-order valence-electron chi connectivity index (χ2n) is 4.38. The number of aryl methyl sites for hydroxylation is 1. The summed E-state index contributed by atoms with van der Waals surface area (Å²) in [6.45, 7) is 4.73. The molecule has 20 heavy (non-hydrogen) atoms. The van der Waals surface area contributed by atoms with Crippen LogP contribution in [0, 0.1) is 6.92 Å². The number of nitrogens with zero attached hydrogens (tertiary/aromatic N) is 1. The van der Waals surface area contributed by atoms with E-state index in [4.69, 9.17) is 0 Å². The van der Waals surface area contributed by atoms with Crippen LogP contribution >= 0.6 is 15.9 Å². The molecule has 0 bridgehead atoms. The Labute approximate surface area is 126 Å². The van der Waals surface area contributed by atoms with E-state index in [2.05, 4.69) is 31.5 Å². The van der Waals surface area contributed by atoms with Gasteiger partial charge in [-0.3, -0.25) is 4.79 Å². The molecule has 0 spiro atoms. The van der Waals surface area contributed by atoms with Gasteiger partial charge in [0.15, 0.2) is 0 Å². The Morgan fingerprint density at radius 2 is 2.10 bits per heavy atom. The van der Waals surface area contributed by atoms with Crippen LogP contribution in [0.4, 0.5) is 11.5 Å². The Morgan fingerprint density at radius 1 is 1.30 bits per heavy atom. The Balaban J connectivity index is 2.13. The highest BCUT2D eigenvalue weighted by Crippen LogP contribution is 2.18. The number of pyridine rings is 1. The van der Waals surface area contributed by atoms with Crippen molar-refractivity contribution in [2.24, 2.45) is 0 Å². The topological polar surface area (TPSA) is 54.0 Å². The first-order valence-electron chi connectivity index (χ1n) is 6.37. The van der Waals surface area contributed by atoms with Crippen LogP contribution in [0.3, 0.4) is 0 Å². The molecule has 0 atom stereocenters. The molecule has 2 aromatic rings. The smallest absolute Gasteiger partial charge is 0.256 e. The average molecular weight is 334 g/mol. The first-order chi connectivity index (χ1) is 9.60. The van der Waals surface area contributed by atoms with E-state index in [1.54, 1.807) is 6.20 Å². The molecule has 0 saturated heterocycles. The monoisotopic (exact) mass is 333 g/mol. The highest BCUT2D eigenvalue weighted by molar-refractivity contribution is 9.10. The van der Waals surface area contributed by atoms with Crippen LogP contribution in [-0.2, 0) is 0 Å². The maximum atomic E-state index is 12.2. The molecule has 2 N–H and O–H groups in total. The summed E-state index contributed by atoms with van der Waals surface area (Å²) in [6.07, 6.45) is 1.64. The maximum Gasteiger partial charge on any atom is 0.256 e. The molecule has 104 valence electrons. The molecule has 0 aliphatic carbocycles. The lowest BCUT2D eigenvalue weighted by molar-refractivity contribution is 0.102. The van der Waals surface area contributed by atoms with Crippen molar-refractivity contribution in [2.75, 3.05) is 17.2 Å². The summed E-state index contributed by atoms with van der Waals surface area (Å²) in [4.78, 5) is 16.4. The lowest BCUT2D eigenvalue weighted by Gasteiger charge is -2.09. The van der Waals surface area contributed by atoms with Crippen molar-refractivity contribution < 1.29 is 4.79 Å². The third-order valence-corrected chi connectivity index (χ3v) is 3.32. The zero-order valence-corrected chi connectivity index (χ0v) is 13.0. The minimum absolute atomic E-state index is 0.137. The van der Waals surface area contributed by atoms with Gasteiger partial charge in [0.05, 0.1) is 11.9 Å². The van der Waals surface area contributed by atoms with Crippen molar-refractivity contribution in [1.82, 2.24) is 4.98 Å². The zero-order valence-electron chi connectivity index (χ0n) is 11.4. The number of carbonyl (C=O) groups excluding carboxylic acids is 1. The van der Waals surface area contributed by atoms with Gasteiger partial charge in [-0.25, -0.2) is 4.98 Å². The van der Waals surface area contributed by atoms with E-state index in [9.17, 15) is 4.79 Å². The van der Waals surface area contributed by atoms with Crippen LogP contribution in [0.15, 0.2) is 41.0 Å². The summed E-state index contributed by atoms with van der Waals surface area (Å²) in [7, 11) is 0. The molecule has 1 heterocycles. The van der Waals surface area contributed by atoms with E-state index < -0.39 is 0 Å². The zero-order chi connectivity index (χ0) is 14.5. The fraction of sp³-hybridized carbons (Fsp3) is 0.200. The van der Waals surface area contributed by atoms with E-state index >= 15 is 0 Å². The van der Waals surface area contributed by atoms with Crippen molar-refractivity contribution in [3.05, 3.63) is 52.1 Å². The number of amides is 1. The predicted octanol–water partition coefficient (Wildman–Crippen LogP) is 3.84. The fourth-order valence-corrected chi connectivity index (χ4v) is 2.15. The molecule has 0 radical (unpaired) electrons. The number of hydrogen-bond donors (Lipinski definition) is 2. The van der Waals surface area contributed by atoms with Crippen LogP contribution in [0.2, 0.25) is 0 Å². The van der Waals surface area contributed by atoms with Gasteiger partial charge >= 0.3 is 0 Å². The minimum atomic E-state index is -0.137. The molecular weight excluding hydrogens is 318 g/mol. The molecule has 1 aromatic carbocycles. The van der Waals surface area contributed by atoms with E-state index in [0.717, 1.165) is 22.4 Å². The highest BCUT2D eigenvalue weighted by Gasteiger charge is 2.10. The van der Waals surface area contributed by atoms with Crippen molar-refractivity contribution in [3.8, 4) is 0 Å². The molecule has 2 rings (SSSR count). The lowest BCUT2D eigenvalue weighted by Crippen LogP contribution is -2.13. The van der Waals surface area contributed by atoms with Crippen molar-refractivity contribution in [3.63, 3.8) is 0 Å². The largest absolute Gasteiger partial charge is 0.370 e. The maximum absolute atomic E-state index is 12.2. The summed E-state index contributed by atoms with van der Waals surface area (Å²) in [5.74, 6) is 0.658. The molecular formula is C15H16BrN3O. The number of halogens is 1. The molecule has 1 aromatic heterocycles. The number of benzene rings is 1. The van der Waals surface area contributed by atoms with Gasteiger partial charge in [-0.15, -0.1) is 0 Å². The SMILES string of the molecule is CCNc1ccc(NC(=O)c2cc(Br)ccc2C)cn1. The van der Waals surface area contributed by atoms with E-state index in [-0.39, 0.29) is 5.91 Å². The van der Waals surface area contributed by atoms with Gasteiger partial charge in [0.2, 0.25) is 0 Å². The van der Waals surface area contributed by atoms with Gasteiger partial charge in [0.25, 0.3) is 5.91 Å². The number of rotatable bonds is 4. The van der Waals surface area contributed by atoms with E-state index in [0.29, 0.717) is 11.3 Å². The van der Waals surface area contributed by atoms with Gasteiger partial charge < -0.3 is 10.6 Å². The molecule has 0 saturated carbocycles. The lowest BCUT2D eigenvalue weighted by atomic mass is 10.1. The number of carbonyl (C=O) groups is 1. The van der Waals surface area contributed by atoms with Crippen LogP contribution in [0.1, 0.15) is 22.8 Å². The molecule has 4 nitrogen and oxygen atoms in total. The highest BCUT2D eigenvalue weighted by atomic mass is 79.9. The molecule has 0 aliphatic heterocycles. The molecule has 0 aliphatic rings. The van der Waals surface area contributed by atoms with Gasteiger partial charge in [-0.2, -0.15) is 0 Å². The Bertz CT molecular complexity index is 611. The van der Waals surface area contributed by atoms with Crippen molar-refractivity contribution in [1.29, 1.82) is 0 Å². The number of hydrogen-bond acceptors (Lipinski definition) is 3. The predicted molar refractivity (Wildman–Crippen MR) is 85.2 cm³/mol. The average Bonchev–Trinajstić information content (AvgIpc) is 2.44. The third-order valence-electron chi connectivity index (χ3n) is 2.82. The van der Waals surface area contributed by atoms with Crippen LogP contribution in [0.5, 0.6) is 0 Å². The minimum Gasteiger partial charge on any atom is -0.370 e. The fourth-order valence-electron chi connectivity index (χ4n) is 1.79. The standard InChI is InChI=1S/C15H16BrN3O/c1-3-17-14-7-6-12(9-18-14)19-15(20)13-8-11(16)5-4-10(13)2/h4-9H,3H2,1-2H3,(H,17,18)(H,19,20). The summed E-state index contributed by atoms with van der Waals surface area (Å²) in [5.41, 5.74) is 2.26. The van der Waals surface area contributed by atoms with Crippen molar-refractivity contribution >= 4 is 33.3 Å². The normalized spacial score (nSPS) is 10.2. The van der Waals surface area contributed by atoms with E-state index in [1.165, 1.54) is 0 Å². The van der Waals surface area contributed by atoms with Crippen LogP contribution in [-0.4, -0.2) is 17.4 Å². The summed E-state index contributed by atoms with van der Waals surface area (Å²) < 4.78 is 0.883. The Hall–Kier alpha value is -1.88. The van der Waals surface area contributed by atoms with E-state index in [1.807, 2.05) is 44.2 Å². The number of aromatic nitrogens is 1. The van der Waals surface area contributed by atoms with Gasteiger partial charge in [0, 0.05) is 16.6 Å². The van der Waals surface area contributed by atoms with Crippen LogP contribution < -0.4 is 10.6 Å². The van der Waals surface area contributed by atoms with Gasteiger partial charge in [0.1, 0.15) is 5.82 Å². The number of anilines is 2. The van der Waals surface area contributed by atoms with Crippen molar-refractivity contribution in [2.45, 2.75) is 13.8 Å². The second kappa shape index (κ2) is 6.52. The quantitative estimate of drug-likeness (QED) is 0.893. The summed E-state index contributed by atoms with van der Waals surface area (Å²) in [6, 6.07) is 9.30. The summed E-state index contributed by atoms with van der Waals surface area (Å²) >= 11 is 3.38. The molecule has 0 fully saturated rings. The van der Waals surface area contributed by atoms with Crippen LogP contribution in [0.25, 0.3) is 0 Å². The third kappa shape index (κ3) is 3.57. The molecule has 5 heteroatoms. The Morgan fingerprint density at radius 3 is 2.75 bits per heavy atom. The van der Waals surface area contributed by atoms with Gasteiger partial charge in [-0.05, 0) is 43.7 Å². The first kappa shape index (κ1) is 14.5. The number of nitrogens with one attached hydrogen (secondary N) is 2. The first-order valence-corrected chi connectivity index (χ1v) is 7.17. The molecule has 1 amide bonds. The molecule has 0 unspecified atom stereocenters. The second-order valence-corrected chi connectivity index (χ2v) is 5.29. The van der Waals surface area contributed by atoms with Gasteiger partial charge in [-0.1, -0.05) is 22.0 Å². The Kier molecular flexibility index (Phi) is 4.74. The summed E-state index contributed by atoms with van der Waals surface area (Å²) in [5, 5.41) is 5.95.